The van der Waals surface area contributed by atoms with Crippen molar-refractivity contribution in [2.75, 3.05) is 29.9 Å². The van der Waals surface area contributed by atoms with E-state index in [2.05, 4.69) is 21.3 Å². The Hall–Kier alpha value is -2.14. The van der Waals surface area contributed by atoms with Gasteiger partial charge >= 0.3 is 0 Å². The molecule has 0 radical (unpaired) electrons. The Labute approximate surface area is 143 Å². The molecule has 3 rings (SSSR count). The number of pyridine rings is 1. The standard InChI is InChI=1S/C19H25N3O2/c1-14(2)24-13-19(23)21-17-6-7-18(22-10-4-3-5-11-22)15-8-9-20-12-16(15)17/h6-9,12,14H,3-5,10-11,13H2,1-2H3,(H,21,23). The third-order valence-corrected chi connectivity index (χ3v) is 4.31. The zero-order valence-electron chi connectivity index (χ0n) is 14.4. The van der Waals surface area contributed by atoms with Crippen LogP contribution in [0.2, 0.25) is 0 Å². The maximum absolute atomic E-state index is 12.1. The normalized spacial score (nSPS) is 15.0. The molecule has 128 valence electrons. The second-order valence-electron chi connectivity index (χ2n) is 6.51. The van der Waals surface area contributed by atoms with Gasteiger partial charge in [-0.3, -0.25) is 9.78 Å². The SMILES string of the molecule is CC(C)OCC(=O)Nc1ccc(N2CCCCC2)c2ccncc12. The number of hydrogen-bond acceptors (Lipinski definition) is 4. The topological polar surface area (TPSA) is 54.5 Å². The number of anilines is 2. The van der Waals surface area contributed by atoms with Gasteiger partial charge in [0, 0.05) is 41.9 Å². The highest BCUT2D eigenvalue weighted by atomic mass is 16.5. The van der Waals surface area contributed by atoms with E-state index in [1.165, 1.54) is 24.9 Å². The first-order chi connectivity index (χ1) is 11.6. The molecule has 1 saturated heterocycles. The quantitative estimate of drug-likeness (QED) is 0.912. The van der Waals surface area contributed by atoms with Crippen LogP contribution in [0.15, 0.2) is 30.6 Å². The van der Waals surface area contributed by atoms with Crippen LogP contribution in [-0.4, -0.2) is 36.7 Å². The van der Waals surface area contributed by atoms with Gasteiger partial charge in [0.25, 0.3) is 0 Å². The number of amides is 1. The summed E-state index contributed by atoms with van der Waals surface area (Å²) in [6.07, 6.45) is 7.44. The second kappa shape index (κ2) is 7.62. The third kappa shape index (κ3) is 3.85. The molecule has 0 aliphatic carbocycles. The molecular weight excluding hydrogens is 302 g/mol. The Morgan fingerprint density at radius 2 is 2.00 bits per heavy atom. The fraction of sp³-hybridized carbons (Fsp3) is 0.474. The predicted molar refractivity (Wildman–Crippen MR) is 97.5 cm³/mol. The molecule has 2 heterocycles. The summed E-state index contributed by atoms with van der Waals surface area (Å²) >= 11 is 0. The van der Waals surface area contributed by atoms with E-state index in [0.29, 0.717) is 0 Å². The van der Waals surface area contributed by atoms with Crippen LogP contribution in [0.3, 0.4) is 0 Å². The zero-order valence-corrected chi connectivity index (χ0v) is 14.4. The molecular formula is C19H25N3O2. The molecule has 1 aliphatic heterocycles. The number of fused-ring (bicyclic) bond motifs is 1. The maximum Gasteiger partial charge on any atom is 0.250 e. The minimum Gasteiger partial charge on any atom is -0.371 e. The summed E-state index contributed by atoms with van der Waals surface area (Å²) in [6, 6.07) is 6.10. The van der Waals surface area contributed by atoms with Gasteiger partial charge in [0.1, 0.15) is 6.61 Å². The Bertz CT molecular complexity index is 709. The number of ether oxygens (including phenoxy) is 1. The second-order valence-corrected chi connectivity index (χ2v) is 6.51. The first kappa shape index (κ1) is 16.7. The summed E-state index contributed by atoms with van der Waals surface area (Å²) in [6.45, 7) is 6.07. The van der Waals surface area contributed by atoms with E-state index in [4.69, 9.17) is 4.74 Å². The highest BCUT2D eigenvalue weighted by Gasteiger charge is 2.16. The lowest BCUT2D eigenvalue weighted by molar-refractivity contribution is -0.121. The van der Waals surface area contributed by atoms with Crippen molar-refractivity contribution in [3.8, 4) is 0 Å². The van der Waals surface area contributed by atoms with Crippen molar-refractivity contribution in [2.24, 2.45) is 0 Å². The molecule has 1 N–H and O–H groups in total. The molecule has 5 heteroatoms. The number of hydrogen-bond donors (Lipinski definition) is 1. The van der Waals surface area contributed by atoms with E-state index in [1.807, 2.05) is 38.4 Å². The van der Waals surface area contributed by atoms with Gasteiger partial charge in [-0.15, -0.1) is 0 Å². The summed E-state index contributed by atoms with van der Waals surface area (Å²) in [5.41, 5.74) is 2.01. The average molecular weight is 327 g/mol. The van der Waals surface area contributed by atoms with Gasteiger partial charge in [0.05, 0.1) is 11.8 Å². The highest BCUT2D eigenvalue weighted by molar-refractivity contribution is 6.06. The van der Waals surface area contributed by atoms with Gasteiger partial charge in [-0.1, -0.05) is 0 Å². The Kier molecular flexibility index (Phi) is 5.30. The summed E-state index contributed by atoms with van der Waals surface area (Å²) < 4.78 is 5.37. The molecule has 1 fully saturated rings. The van der Waals surface area contributed by atoms with Gasteiger partial charge in [-0.25, -0.2) is 0 Å². The molecule has 1 aromatic carbocycles. The molecule has 5 nitrogen and oxygen atoms in total. The Morgan fingerprint density at radius 3 is 2.75 bits per heavy atom. The smallest absolute Gasteiger partial charge is 0.250 e. The number of aromatic nitrogens is 1. The number of carbonyl (C=O) groups is 1. The van der Waals surface area contributed by atoms with Crippen molar-refractivity contribution in [1.82, 2.24) is 4.98 Å². The van der Waals surface area contributed by atoms with E-state index < -0.39 is 0 Å². The highest BCUT2D eigenvalue weighted by Crippen LogP contribution is 2.33. The van der Waals surface area contributed by atoms with Crippen LogP contribution in [-0.2, 0) is 9.53 Å². The number of rotatable bonds is 5. The molecule has 1 amide bonds. The van der Waals surface area contributed by atoms with Gasteiger partial charge in [-0.2, -0.15) is 0 Å². The Morgan fingerprint density at radius 1 is 1.21 bits per heavy atom. The van der Waals surface area contributed by atoms with E-state index in [9.17, 15) is 4.79 Å². The monoisotopic (exact) mass is 327 g/mol. The molecule has 1 aromatic heterocycles. The summed E-state index contributed by atoms with van der Waals surface area (Å²) in [5.74, 6) is -0.139. The molecule has 0 bridgehead atoms. The van der Waals surface area contributed by atoms with Crippen LogP contribution in [0.5, 0.6) is 0 Å². The lowest BCUT2D eigenvalue weighted by atomic mass is 10.1. The van der Waals surface area contributed by atoms with Crippen molar-refractivity contribution in [2.45, 2.75) is 39.2 Å². The van der Waals surface area contributed by atoms with Crippen molar-refractivity contribution < 1.29 is 9.53 Å². The first-order valence-corrected chi connectivity index (χ1v) is 8.68. The van der Waals surface area contributed by atoms with Crippen molar-refractivity contribution >= 4 is 28.1 Å². The van der Waals surface area contributed by atoms with E-state index in [-0.39, 0.29) is 18.6 Å². The minimum atomic E-state index is -0.139. The molecule has 2 aromatic rings. The number of piperidine rings is 1. The minimum absolute atomic E-state index is 0.0376. The fourth-order valence-corrected chi connectivity index (χ4v) is 3.12. The largest absolute Gasteiger partial charge is 0.371 e. The maximum atomic E-state index is 12.1. The van der Waals surface area contributed by atoms with Crippen molar-refractivity contribution in [3.63, 3.8) is 0 Å². The predicted octanol–water partition coefficient (Wildman–Crippen LogP) is 3.59. The van der Waals surface area contributed by atoms with E-state index in [1.54, 1.807) is 0 Å². The molecule has 0 atom stereocenters. The first-order valence-electron chi connectivity index (χ1n) is 8.68. The number of nitrogens with one attached hydrogen (secondary N) is 1. The summed E-state index contributed by atoms with van der Waals surface area (Å²) in [4.78, 5) is 18.8. The van der Waals surface area contributed by atoms with Crippen LogP contribution >= 0.6 is 0 Å². The number of benzene rings is 1. The number of carbonyl (C=O) groups excluding carboxylic acids is 1. The van der Waals surface area contributed by atoms with Crippen molar-refractivity contribution in [3.05, 3.63) is 30.6 Å². The zero-order chi connectivity index (χ0) is 16.9. The number of nitrogens with zero attached hydrogens (tertiary/aromatic N) is 2. The van der Waals surface area contributed by atoms with Crippen molar-refractivity contribution in [1.29, 1.82) is 0 Å². The Balaban J connectivity index is 1.86. The van der Waals surface area contributed by atoms with Crippen LogP contribution in [0, 0.1) is 0 Å². The van der Waals surface area contributed by atoms with Crippen LogP contribution in [0.4, 0.5) is 11.4 Å². The van der Waals surface area contributed by atoms with Gasteiger partial charge in [-0.05, 0) is 51.3 Å². The van der Waals surface area contributed by atoms with Crippen LogP contribution in [0.1, 0.15) is 33.1 Å². The lowest BCUT2D eigenvalue weighted by Crippen LogP contribution is -2.29. The summed E-state index contributed by atoms with van der Waals surface area (Å²) in [7, 11) is 0. The average Bonchev–Trinajstić information content (AvgIpc) is 2.61. The molecule has 0 spiro atoms. The van der Waals surface area contributed by atoms with Crippen LogP contribution in [0.25, 0.3) is 10.8 Å². The van der Waals surface area contributed by atoms with Gasteiger partial charge < -0.3 is 15.0 Å². The molecule has 1 aliphatic rings. The van der Waals surface area contributed by atoms with Gasteiger partial charge in [0.15, 0.2) is 0 Å². The molecule has 0 saturated carbocycles. The fourth-order valence-electron chi connectivity index (χ4n) is 3.12. The molecule has 24 heavy (non-hydrogen) atoms. The van der Waals surface area contributed by atoms with E-state index >= 15 is 0 Å². The van der Waals surface area contributed by atoms with E-state index in [0.717, 1.165) is 29.5 Å². The lowest BCUT2D eigenvalue weighted by Gasteiger charge is -2.30. The summed E-state index contributed by atoms with van der Waals surface area (Å²) in [5, 5.41) is 5.05. The van der Waals surface area contributed by atoms with Gasteiger partial charge in [0.2, 0.25) is 5.91 Å². The third-order valence-electron chi connectivity index (χ3n) is 4.31. The molecule has 0 unspecified atom stereocenters. The van der Waals surface area contributed by atoms with Crippen LogP contribution < -0.4 is 10.2 Å².